The summed E-state index contributed by atoms with van der Waals surface area (Å²) in [6, 6.07) is 19.7. The molecule has 1 unspecified atom stereocenters. The monoisotopic (exact) mass is 445 g/mol. The first-order valence-electron chi connectivity index (χ1n) is 10.4. The average Bonchev–Trinajstić information content (AvgIpc) is 3.49. The molecule has 5 rings (SSSR count). The Morgan fingerprint density at radius 2 is 1.97 bits per heavy atom. The molecule has 0 saturated carbocycles. The Morgan fingerprint density at radius 1 is 1.12 bits per heavy atom. The molecule has 7 nitrogen and oxygen atoms in total. The zero-order chi connectivity index (χ0) is 22.1. The van der Waals surface area contributed by atoms with Crippen LogP contribution in [0.1, 0.15) is 28.6 Å². The Hall–Kier alpha value is -3.49. The Kier molecular flexibility index (Phi) is 5.46. The van der Waals surface area contributed by atoms with E-state index in [2.05, 4.69) is 34.4 Å². The second-order valence-corrected chi connectivity index (χ2v) is 8.73. The predicted octanol–water partition coefficient (Wildman–Crippen LogP) is 4.63. The highest BCUT2D eigenvalue weighted by Crippen LogP contribution is 2.40. The fourth-order valence-corrected chi connectivity index (χ4v) is 4.64. The van der Waals surface area contributed by atoms with Gasteiger partial charge in [-0.3, -0.25) is 4.79 Å². The summed E-state index contributed by atoms with van der Waals surface area (Å²) in [5.74, 6) is 1.08. The topological polar surface area (TPSA) is 72.3 Å². The van der Waals surface area contributed by atoms with Crippen LogP contribution in [0.2, 0.25) is 0 Å². The molecule has 32 heavy (non-hydrogen) atoms. The van der Waals surface area contributed by atoms with E-state index in [9.17, 15) is 4.79 Å². The number of ether oxygens (including phenoxy) is 1. The summed E-state index contributed by atoms with van der Waals surface area (Å²) >= 11 is 1.56. The average molecular weight is 446 g/mol. The Morgan fingerprint density at radius 3 is 2.72 bits per heavy atom. The van der Waals surface area contributed by atoms with Crippen molar-refractivity contribution in [3.63, 3.8) is 0 Å². The molecule has 3 heterocycles. The number of hydrogen-bond acceptors (Lipinski definition) is 6. The SMILES string of the molecule is CN(C)C1CCOc2c(NC(=O)c3nc(-c4cccs4)n(-c4ccccc4)n3)cccc21. The number of thiophene rings is 1. The molecule has 1 N–H and O–H groups in total. The van der Waals surface area contributed by atoms with Crippen molar-refractivity contribution >= 4 is 22.9 Å². The van der Waals surface area contributed by atoms with Gasteiger partial charge in [0.25, 0.3) is 5.91 Å². The van der Waals surface area contributed by atoms with Crippen molar-refractivity contribution in [2.45, 2.75) is 12.5 Å². The molecular formula is C24H23N5O2S. The zero-order valence-electron chi connectivity index (χ0n) is 17.9. The molecule has 0 aliphatic carbocycles. The Balaban J connectivity index is 1.49. The summed E-state index contributed by atoms with van der Waals surface area (Å²) in [5, 5.41) is 9.48. The summed E-state index contributed by atoms with van der Waals surface area (Å²) in [6.07, 6.45) is 0.907. The highest BCUT2D eigenvalue weighted by molar-refractivity contribution is 7.13. The van der Waals surface area contributed by atoms with Gasteiger partial charge in [0.1, 0.15) is 5.75 Å². The van der Waals surface area contributed by atoms with Gasteiger partial charge in [0.2, 0.25) is 5.82 Å². The number of carbonyl (C=O) groups excluding carboxylic acids is 1. The lowest BCUT2D eigenvalue weighted by Crippen LogP contribution is -2.27. The fourth-order valence-electron chi connectivity index (χ4n) is 3.94. The van der Waals surface area contributed by atoms with E-state index < -0.39 is 0 Å². The molecule has 0 radical (unpaired) electrons. The largest absolute Gasteiger partial charge is 0.491 e. The maximum absolute atomic E-state index is 13.2. The molecule has 1 amide bonds. The van der Waals surface area contributed by atoms with Gasteiger partial charge in [0.05, 0.1) is 22.9 Å². The molecule has 8 heteroatoms. The van der Waals surface area contributed by atoms with Crippen LogP contribution >= 0.6 is 11.3 Å². The summed E-state index contributed by atoms with van der Waals surface area (Å²) in [4.78, 5) is 20.9. The number of rotatable bonds is 5. The molecule has 0 bridgehead atoms. The third-order valence-electron chi connectivity index (χ3n) is 5.47. The minimum absolute atomic E-state index is 0.106. The van der Waals surface area contributed by atoms with Gasteiger partial charge in [-0.2, -0.15) is 0 Å². The molecular weight excluding hydrogens is 422 g/mol. The second kappa shape index (κ2) is 8.57. The van der Waals surface area contributed by atoms with Crippen molar-refractivity contribution in [1.29, 1.82) is 0 Å². The number of para-hydroxylation sites is 2. The fraction of sp³-hybridized carbons (Fsp3) is 0.208. The molecule has 1 atom stereocenters. The van der Waals surface area contributed by atoms with E-state index in [1.54, 1.807) is 16.0 Å². The van der Waals surface area contributed by atoms with Gasteiger partial charge in [-0.15, -0.1) is 16.4 Å². The maximum atomic E-state index is 13.2. The van der Waals surface area contributed by atoms with Crippen LogP contribution in [0.4, 0.5) is 5.69 Å². The van der Waals surface area contributed by atoms with E-state index >= 15 is 0 Å². The molecule has 1 aliphatic rings. The first-order valence-corrected chi connectivity index (χ1v) is 11.3. The van der Waals surface area contributed by atoms with Crippen LogP contribution in [-0.4, -0.2) is 46.3 Å². The number of hydrogen-bond donors (Lipinski definition) is 1. The number of nitrogens with zero attached hydrogens (tertiary/aromatic N) is 4. The van der Waals surface area contributed by atoms with E-state index in [-0.39, 0.29) is 17.8 Å². The number of carbonyl (C=O) groups is 1. The molecule has 4 aromatic rings. The van der Waals surface area contributed by atoms with Gasteiger partial charge in [-0.25, -0.2) is 9.67 Å². The van der Waals surface area contributed by atoms with Crippen molar-refractivity contribution in [3.05, 3.63) is 77.4 Å². The van der Waals surface area contributed by atoms with Crippen molar-refractivity contribution in [2.75, 3.05) is 26.0 Å². The number of anilines is 1. The van der Waals surface area contributed by atoms with E-state index in [1.807, 2.05) is 66.0 Å². The zero-order valence-corrected chi connectivity index (χ0v) is 18.7. The van der Waals surface area contributed by atoms with Crippen LogP contribution in [0, 0.1) is 0 Å². The lowest BCUT2D eigenvalue weighted by molar-refractivity contribution is 0.101. The van der Waals surface area contributed by atoms with Crippen LogP contribution in [0.25, 0.3) is 16.4 Å². The molecule has 1 aliphatic heterocycles. The highest BCUT2D eigenvalue weighted by atomic mass is 32.1. The van der Waals surface area contributed by atoms with Crippen molar-refractivity contribution in [2.24, 2.45) is 0 Å². The minimum atomic E-state index is -0.374. The minimum Gasteiger partial charge on any atom is -0.491 e. The number of benzene rings is 2. The first kappa shape index (κ1) is 20.4. The molecule has 162 valence electrons. The Bertz CT molecular complexity index is 1230. The van der Waals surface area contributed by atoms with Crippen LogP contribution in [0.3, 0.4) is 0 Å². The lowest BCUT2D eigenvalue weighted by Gasteiger charge is -2.31. The summed E-state index contributed by atoms with van der Waals surface area (Å²) in [7, 11) is 4.11. The molecule has 2 aromatic heterocycles. The van der Waals surface area contributed by atoms with Gasteiger partial charge in [-0.1, -0.05) is 36.4 Å². The predicted molar refractivity (Wildman–Crippen MR) is 126 cm³/mol. The smallest absolute Gasteiger partial charge is 0.295 e. The highest BCUT2D eigenvalue weighted by Gasteiger charge is 2.27. The van der Waals surface area contributed by atoms with E-state index in [0.29, 0.717) is 23.9 Å². The number of amides is 1. The number of aromatic nitrogens is 3. The summed E-state index contributed by atoms with van der Waals surface area (Å²) in [5.41, 5.74) is 2.55. The van der Waals surface area contributed by atoms with E-state index in [1.165, 1.54) is 0 Å². The van der Waals surface area contributed by atoms with E-state index in [0.717, 1.165) is 22.5 Å². The first-order chi connectivity index (χ1) is 15.6. The van der Waals surface area contributed by atoms with E-state index in [4.69, 9.17) is 4.74 Å². The van der Waals surface area contributed by atoms with Crippen molar-refractivity contribution in [3.8, 4) is 22.1 Å². The van der Waals surface area contributed by atoms with Gasteiger partial charge < -0.3 is 15.0 Å². The quantitative estimate of drug-likeness (QED) is 0.485. The van der Waals surface area contributed by atoms with Crippen LogP contribution in [0.15, 0.2) is 66.0 Å². The molecule has 0 spiro atoms. The van der Waals surface area contributed by atoms with Crippen LogP contribution < -0.4 is 10.1 Å². The van der Waals surface area contributed by atoms with Crippen molar-refractivity contribution in [1.82, 2.24) is 19.7 Å². The molecule has 2 aromatic carbocycles. The number of fused-ring (bicyclic) bond motifs is 1. The van der Waals surface area contributed by atoms with Crippen LogP contribution in [-0.2, 0) is 0 Å². The van der Waals surface area contributed by atoms with Crippen molar-refractivity contribution < 1.29 is 9.53 Å². The van der Waals surface area contributed by atoms with Gasteiger partial charge in [-0.05, 0) is 43.7 Å². The summed E-state index contributed by atoms with van der Waals surface area (Å²) < 4.78 is 7.65. The third-order valence-corrected chi connectivity index (χ3v) is 6.33. The second-order valence-electron chi connectivity index (χ2n) is 7.78. The molecule has 0 fully saturated rings. The standard InChI is InChI=1S/C24H23N5O2S/c1-28(2)19-13-14-31-21-17(19)10-6-11-18(21)25-24(30)22-26-23(20-12-7-15-32-20)29(27-22)16-8-4-3-5-9-16/h3-12,15,19H,13-14H2,1-2H3,(H,25,30). The third kappa shape index (κ3) is 3.79. The van der Waals surface area contributed by atoms with Gasteiger partial charge in [0, 0.05) is 18.0 Å². The normalized spacial score (nSPS) is 15.3. The maximum Gasteiger partial charge on any atom is 0.295 e. The Labute approximate surface area is 190 Å². The molecule has 0 saturated heterocycles. The van der Waals surface area contributed by atoms with Crippen LogP contribution in [0.5, 0.6) is 5.75 Å². The summed E-state index contributed by atoms with van der Waals surface area (Å²) in [6.45, 7) is 0.603. The lowest BCUT2D eigenvalue weighted by atomic mass is 9.98. The van der Waals surface area contributed by atoms with Gasteiger partial charge >= 0.3 is 0 Å². The number of nitrogens with one attached hydrogen (secondary N) is 1. The van der Waals surface area contributed by atoms with Gasteiger partial charge in [0.15, 0.2) is 5.82 Å².